The van der Waals surface area contributed by atoms with Gasteiger partial charge >= 0.3 is 0 Å². The van der Waals surface area contributed by atoms with Crippen LogP contribution in [0.1, 0.15) is 38.2 Å². The van der Waals surface area contributed by atoms with E-state index in [1.807, 2.05) is 36.1 Å². The lowest BCUT2D eigenvalue weighted by Crippen LogP contribution is -2.38. The van der Waals surface area contributed by atoms with E-state index in [2.05, 4.69) is 30.3 Å². The zero-order valence-electron chi connectivity index (χ0n) is 16.8. The zero-order valence-corrected chi connectivity index (χ0v) is 16.8. The third-order valence-electron chi connectivity index (χ3n) is 5.28. The smallest absolute Gasteiger partial charge is 0.222 e. The second-order valence-corrected chi connectivity index (χ2v) is 7.35. The molecule has 0 atom stereocenters. The maximum atomic E-state index is 12.5. The van der Waals surface area contributed by atoms with Gasteiger partial charge in [-0.15, -0.1) is 0 Å². The number of ether oxygens (including phenoxy) is 2. The first-order chi connectivity index (χ1) is 13.8. The van der Waals surface area contributed by atoms with E-state index in [9.17, 15) is 4.79 Å². The largest absolute Gasteiger partial charge is 0.490 e. The Bertz CT molecular complexity index is 724. The van der Waals surface area contributed by atoms with E-state index >= 15 is 0 Å². The van der Waals surface area contributed by atoms with Crippen molar-refractivity contribution in [3.05, 3.63) is 60.2 Å². The Labute approximate surface area is 168 Å². The lowest BCUT2D eigenvalue weighted by Gasteiger charge is -2.32. The van der Waals surface area contributed by atoms with Gasteiger partial charge in [0.05, 0.1) is 13.2 Å². The quantitative estimate of drug-likeness (QED) is 0.590. The molecule has 0 radical (unpaired) electrons. The van der Waals surface area contributed by atoms with Crippen molar-refractivity contribution < 1.29 is 14.3 Å². The second-order valence-electron chi connectivity index (χ2n) is 7.35. The van der Waals surface area contributed by atoms with Crippen LogP contribution in [0.15, 0.2) is 54.6 Å². The Morgan fingerprint density at radius 3 is 2.29 bits per heavy atom. The van der Waals surface area contributed by atoms with Gasteiger partial charge in [-0.25, -0.2) is 0 Å². The molecule has 1 fully saturated rings. The topological polar surface area (TPSA) is 38.8 Å². The molecule has 0 aliphatic carbocycles. The molecular weight excluding hydrogens is 350 g/mol. The summed E-state index contributed by atoms with van der Waals surface area (Å²) in [6, 6.07) is 18.3. The van der Waals surface area contributed by atoms with Gasteiger partial charge in [0.15, 0.2) is 11.5 Å². The fourth-order valence-electron chi connectivity index (χ4n) is 3.74. The van der Waals surface area contributed by atoms with Gasteiger partial charge in [-0.3, -0.25) is 4.79 Å². The highest BCUT2D eigenvalue weighted by Gasteiger charge is 2.22. The van der Waals surface area contributed by atoms with Crippen molar-refractivity contribution in [1.82, 2.24) is 4.90 Å². The summed E-state index contributed by atoms with van der Waals surface area (Å²) in [6.45, 7) is 4.85. The number of benzene rings is 2. The molecule has 28 heavy (non-hydrogen) atoms. The molecule has 2 aromatic carbocycles. The highest BCUT2D eigenvalue weighted by Crippen LogP contribution is 2.26. The highest BCUT2D eigenvalue weighted by atomic mass is 16.5. The molecule has 0 unspecified atom stereocenters. The summed E-state index contributed by atoms with van der Waals surface area (Å²) in [4.78, 5) is 14.5. The van der Waals surface area contributed by atoms with Gasteiger partial charge in [-0.2, -0.15) is 0 Å². The summed E-state index contributed by atoms with van der Waals surface area (Å²) >= 11 is 0. The molecule has 0 saturated carbocycles. The van der Waals surface area contributed by atoms with Crippen molar-refractivity contribution in [2.45, 2.75) is 39.0 Å². The molecule has 1 heterocycles. The second kappa shape index (κ2) is 10.7. The molecule has 4 heteroatoms. The average molecular weight is 382 g/mol. The summed E-state index contributed by atoms with van der Waals surface area (Å²) in [5.74, 6) is 2.44. The Hall–Kier alpha value is -2.49. The number of rotatable bonds is 9. The number of nitrogens with zero attached hydrogens (tertiary/aromatic N) is 1. The zero-order chi connectivity index (χ0) is 19.6. The molecule has 150 valence electrons. The van der Waals surface area contributed by atoms with Crippen molar-refractivity contribution in [2.75, 3.05) is 26.3 Å². The Balaban J connectivity index is 1.35. The molecular formula is C24H31NO3. The lowest BCUT2D eigenvalue weighted by molar-refractivity contribution is -0.132. The first-order valence-corrected chi connectivity index (χ1v) is 10.4. The predicted octanol–water partition coefficient (Wildman–Crippen LogP) is 4.73. The molecule has 1 amide bonds. The molecule has 1 aliphatic rings. The van der Waals surface area contributed by atoms with Crippen molar-refractivity contribution in [3.8, 4) is 11.5 Å². The number of piperidine rings is 1. The first-order valence-electron chi connectivity index (χ1n) is 10.4. The van der Waals surface area contributed by atoms with Crippen molar-refractivity contribution >= 4 is 5.91 Å². The van der Waals surface area contributed by atoms with Crippen LogP contribution in [0.5, 0.6) is 11.5 Å². The molecule has 0 bridgehead atoms. The van der Waals surface area contributed by atoms with Crippen LogP contribution in [0.4, 0.5) is 0 Å². The van der Waals surface area contributed by atoms with Gasteiger partial charge in [0.1, 0.15) is 0 Å². The third kappa shape index (κ3) is 6.01. The van der Waals surface area contributed by atoms with Gasteiger partial charge in [0, 0.05) is 19.5 Å². The van der Waals surface area contributed by atoms with Gasteiger partial charge in [0.2, 0.25) is 5.91 Å². The molecule has 0 spiro atoms. The standard InChI is InChI=1S/C24H31NO3/c1-2-27-22-11-6-7-12-23(22)28-18-8-13-24(26)25-16-14-21(15-17-25)19-20-9-4-3-5-10-20/h3-7,9-12,21H,2,8,13-19H2,1H3. The Kier molecular flexibility index (Phi) is 7.77. The van der Waals surface area contributed by atoms with Crippen LogP contribution in [0.3, 0.4) is 0 Å². The van der Waals surface area contributed by atoms with E-state index < -0.39 is 0 Å². The number of hydrogen-bond acceptors (Lipinski definition) is 3. The molecule has 1 saturated heterocycles. The third-order valence-corrected chi connectivity index (χ3v) is 5.28. The van der Waals surface area contributed by atoms with E-state index in [0.717, 1.165) is 50.3 Å². The van der Waals surface area contributed by atoms with Crippen LogP contribution in [0, 0.1) is 5.92 Å². The molecule has 0 aromatic heterocycles. The van der Waals surface area contributed by atoms with Gasteiger partial charge in [-0.05, 0) is 56.2 Å². The number of carbonyl (C=O) groups is 1. The summed E-state index contributed by atoms with van der Waals surface area (Å²) in [5.41, 5.74) is 1.40. The number of hydrogen-bond donors (Lipinski definition) is 0. The number of amides is 1. The molecule has 1 aliphatic heterocycles. The van der Waals surface area contributed by atoms with Crippen LogP contribution in [-0.2, 0) is 11.2 Å². The van der Waals surface area contributed by atoms with Crippen molar-refractivity contribution in [2.24, 2.45) is 5.92 Å². The maximum absolute atomic E-state index is 12.5. The van der Waals surface area contributed by atoms with E-state index in [0.29, 0.717) is 25.6 Å². The maximum Gasteiger partial charge on any atom is 0.222 e. The first kappa shape index (κ1) is 20.2. The summed E-state index contributed by atoms with van der Waals surface area (Å²) in [6.07, 6.45) is 4.58. The Morgan fingerprint density at radius 2 is 1.61 bits per heavy atom. The number of likely N-dealkylation sites (tertiary alicyclic amines) is 1. The minimum absolute atomic E-state index is 0.250. The molecule has 2 aromatic rings. The fourth-order valence-corrected chi connectivity index (χ4v) is 3.74. The predicted molar refractivity (Wildman–Crippen MR) is 112 cm³/mol. The van der Waals surface area contributed by atoms with Crippen LogP contribution in [-0.4, -0.2) is 37.1 Å². The molecule has 4 nitrogen and oxygen atoms in total. The van der Waals surface area contributed by atoms with Crippen LogP contribution in [0.2, 0.25) is 0 Å². The van der Waals surface area contributed by atoms with Crippen LogP contribution in [0.25, 0.3) is 0 Å². The fraction of sp³-hybridized carbons (Fsp3) is 0.458. The van der Waals surface area contributed by atoms with E-state index in [1.54, 1.807) is 0 Å². The van der Waals surface area contributed by atoms with Crippen molar-refractivity contribution in [1.29, 1.82) is 0 Å². The van der Waals surface area contributed by atoms with Crippen molar-refractivity contribution in [3.63, 3.8) is 0 Å². The monoisotopic (exact) mass is 381 g/mol. The summed E-state index contributed by atoms with van der Waals surface area (Å²) in [7, 11) is 0. The van der Waals surface area contributed by atoms with Gasteiger partial charge < -0.3 is 14.4 Å². The summed E-state index contributed by atoms with van der Waals surface area (Å²) in [5, 5.41) is 0. The lowest BCUT2D eigenvalue weighted by atomic mass is 9.90. The van der Waals surface area contributed by atoms with Gasteiger partial charge in [0.25, 0.3) is 0 Å². The minimum atomic E-state index is 0.250. The van der Waals surface area contributed by atoms with Crippen LogP contribution < -0.4 is 9.47 Å². The number of para-hydroxylation sites is 2. The normalized spacial score (nSPS) is 14.7. The van der Waals surface area contributed by atoms with Crippen LogP contribution >= 0.6 is 0 Å². The molecule has 3 rings (SSSR count). The van der Waals surface area contributed by atoms with E-state index in [1.165, 1.54) is 5.56 Å². The van der Waals surface area contributed by atoms with E-state index in [4.69, 9.17) is 9.47 Å². The number of carbonyl (C=O) groups excluding carboxylic acids is 1. The average Bonchev–Trinajstić information content (AvgIpc) is 2.73. The van der Waals surface area contributed by atoms with E-state index in [-0.39, 0.29) is 5.91 Å². The highest BCUT2D eigenvalue weighted by molar-refractivity contribution is 5.76. The summed E-state index contributed by atoms with van der Waals surface area (Å²) < 4.78 is 11.4. The van der Waals surface area contributed by atoms with Gasteiger partial charge in [-0.1, -0.05) is 42.5 Å². The molecule has 0 N–H and O–H groups in total. The minimum Gasteiger partial charge on any atom is -0.490 e. The SMILES string of the molecule is CCOc1ccccc1OCCCC(=O)N1CCC(Cc2ccccc2)CC1. The Morgan fingerprint density at radius 1 is 0.964 bits per heavy atom.